The Morgan fingerprint density at radius 3 is 2.68 bits per heavy atom. The van der Waals surface area contributed by atoms with Crippen LogP contribution in [0.3, 0.4) is 0 Å². The van der Waals surface area contributed by atoms with Crippen LogP contribution >= 0.6 is 11.3 Å². The number of thiophene rings is 1. The molecule has 1 aromatic carbocycles. The topological polar surface area (TPSA) is 30.7 Å². The predicted octanol–water partition coefficient (Wildman–Crippen LogP) is 1.62. The second kappa shape index (κ2) is 7.07. The zero-order chi connectivity index (χ0) is 13.5. The maximum atomic E-state index is 11.6. The molecular formula is C15H18NO2S+. The van der Waals surface area contributed by atoms with Gasteiger partial charge in [-0.25, -0.2) is 4.79 Å². The van der Waals surface area contributed by atoms with Crippen LogP contribution in [0, 0.1) is 0 Å². The number of quaternary nitrogens is 1. The van der Waals surface area contributed by atoms with Crippen molar-refractivity contribution in [3.63, 3.8) is 0 Å². The monoisotopic (exact) mass is 276 g/mol. The van der Waals surface area contributed by atoms with Crippen molar-refractivity contribution >= 4 is 17.3 Å². The van der Waals surface area contributed by atoms with Crippen molar-refractivity contribution in [1.29, 1.82) is 0 Å². The molecular weight excluding hydrogens is 258 g/mol. The Morgan fingerprint density at radius 1 is 1.21 bits per heavy atom. The van der Waals surface area contributed by atoms with Crippen LogP contribution in [0.1, 0.15) is 15.2 Å². The summed E-state index contributed by atoms with van der Waals surface area (Å²) in [5.41, 5.74) is 1.30. The van der Waals surface area contributed by atoms with E-state index in [4.69, 9.17) is 4.74 Å². The minimum atomic E-state index is -0.220. The van der Waals surface area contributed by atoms with Crippen LogP contribution in [0.15, 0.2) is 47.8 Å². The predicted molar refractivity (Wildman–Crippen MR) is 76.5 cm³/mol. The standard InChI is InChI=1S/C15H17NO2S/c1-16(12-13-6-3-2-4-7-13)9-10-18-15(17)14-8-5-11-19-14/h2-8,11H,9-10,12H2,1H3/p+1. The lowest BCUT2D eigenvalue weighted by Gasteiger charge is -2.13. The molecule has 1 aromatic heterocycles. The number of esters is 1. The fourth-order valence-electron chi connectivity index (χ4n) is 1.82. The van der Waals surface area contributed by atoms with Crippen LogP contribution in [0.2, 0.25) is 0 Å². The highest BCUT2D eigenvalue weighted by Gasteiger charge is 2.09. The van der Waals surface area contributed by atoms with Gasteiger partial charge in [0.05, 0.1) is 7.05 Å². The van der Waals surface area contributed by atoms with Gasteiger partial charge in [-0.1, -0.05) is 36.4 Å². The van der Waals surface area contributed by atoms with Crippen LogP contribution in [-0.2, 0) is 11.3 Å². The lowest BCUT2D eigenvalue weighted by molar-refractivity contribution is -0.893. The Bertz CT molecular complexity index is 496. The molecule has 0 saturated heterocycles. The third kappa shape index (κ3) is 4.50. The van der Waals surface area contributed by atoms with Crippen LogP contribution in [0.25, 0.3) is 0 Å². The van der Waals surface area contributed by atoms with E-state index in [9.17, 15) is 4.79 Å². The summed E-state index contributed by atoms with van der Waals surface area (Å²) in [6.07, 6.45) is 0. The molecule has 0 bridgehead atoms. The third-order valence-corrected chi connectivity index (χ3v) is 3.68. The smallest absolute Gasteiger partial charge is 0.348 e. The van der Waals surface area contributed by atoms with Crippen molar-refractivity contribution in [2.75, 3.05) is 20.2 Å². The van der Waals surface area contributed by atoms with Gasteiger partial charge >= 0.3 is 5.97 Å². The number of ether oxygens (including phenoxy) is 1. The van der Waals surface area contributed by atoms with E-state index in [-0.39, 0.29) is 5.97 Å². The molecule has 0 amide bonds. The van der Waals surface area contributed by atoms with Crippen molar-refractivity contribution in [2.45, 2.75) is 6.54 Å². The van der Waals surface area contributed by atoms with Crippen molar-refractivity contribution in [2.24, 2.45) is 0 Å². The van der Waals surface area contributed by atoms with Gasteiger partial charge in [0.2, 0.25) is 0 Å². The number of likely N-dealkylation sites (N-methyl/N-ethyl adjacent to an activating group) is 1. The molecule has 0 aliphatic carbocycles. The van der Waals surface area contributed by atoms with Gasteiger partial charge in [-0.3, -0.25) is 0 Å². The molecule has 0 saturated carbocycles. The van der Waals surface area contributed by atoms with Gasteiger partial charge in [-0.15, -0.1) is 11.3 Å². The molecule has 3 nitrogen and oxygen atoms in total. The first-order valence-corrected chi connectivity index (χ1v) is 7.19. The molecule has 0 radical (unpaired) electrons. The molecule has 0 fully saturated rings. The fourth-order valence-corrected chi connectivity index (χ4v) is 2.43. The summed E-state index contributed by atoms with van der Waals surface area (Å²) in [5, 5.41) is 1.88. The van der Waals surface area contributed by atoms with E-state index in [0.29, 0.717) is 11.5 Å². The van der Waals surface area contributed by atoms with E-state index >= 15 is 0 Å². The van der Waals surface area contributed by atoms with E-state index in [1.165, 1.54) is 21.8 Å². The van der Waals surface area contributed by atoms with Crippen LogP contribution < -0.4 is 4.90 Å². The highest BCUT2D eigenvalue weighted by atomic mass is 32.1. The maximum Gasteiger partial charge on any atom is 0.348 e. The number of carbonyl (C=O) groups is 1. The summed E-state index contributed by atoms with van der Waals surface area (Å²) in [4.78, 5) is 13.6. The highest BCUT2D eigenvalue weighted by molar-refractivity contribution is 7.11. The average Bonchev–Trinajstić information content (AvgIpc) is 2.93. The molecule has 0 spiro atoms. The van der Waals surface area contributed by atoms with Crippen molar-refractivity contribution in [1.82, 2.24) is 0 Å². The zero-order valence-electron chi connectivity index (χ0n) is 11.0. The number of nitrogens with one attached hydrogen (secondary N) is 1. The molecule has 1 N–H and O–H groups in total. The number of carbonyl (C=O) groups excluding carboxylic acids is 1. The quantitative estimate of drug-likeness (QED) is 0.813. The minimum Gasteiger partial charge on any atom is -0.456 e. The second-order valence-electron chi connectivity index (χ2n) is 4.48. The molecule has 0 aliphatic rings. The molecule has 100 valence electrons. The van der Waals surface area contributed by atoms with Gasteiger partial charge in [-0.05, 0) is 11.4 Å². The Hall–Kier alpha value is -1.65. The fraction of sp³-hybridized carbons (Fsp3) is 0.267. The summed E-state index contributed by atoms with van der Waals surface area (Å²) >= 11 is 1.41. The van der Waals surface area contributed by atoms with Gasteiger partial charge in [-0.2, -0.15) is 0 Å². The van der Waals surface area contributed by atoms with E-state index in [2.05, 4.69) is 19.2 Å². The Balaban J connectivity index is 1.69. The molecule has 2 rings (SSSR count). The first-order valence-electron chi connectivity index (χ1n) is 6.31. The number of benzene rings is 1. The third-order valence-electron chi connectivity index (χ3n) is 2.83. The molecule has 1 atom stereocenters. The van der Waals surface area contributed by atoms with E-state index < -0.39 is 0 Å². The SMILES string of the molecule is C[NH+](CCOC(=O)c1cccs1)Cc1ccccc1. The van der Waals surface area contributed by atoms with Gasteiger partial charge < -0.3 is 9.64 Å². The number of hydrogen-bond donors (Lipinski definition) is 1. The largest absolute Gasteiger partial charge is 0.456 e. The van der Waals surface area contributed by atoms with Gasteiger partial charge in [0.1, 0.15) is 24.6 Å². The first kappa shape index (κ1) is 13.8. The molecule has 1 heterocycles. The Labute approximate surface area is 117 Å². The zero-order valence-corrected chi connectivity index (χ0v) is 11.8. The average molecular weight is 276 g/mol. The summed E-state index contributed by atoms with van der Waals surface area (Å²) in [5.74, 6) is -0.220. The minimum absolute atomic E-state index is 0.220. The second-order valence-corrected chi connectivity index (χ2v) is 5.43. The van der Waals surface area contributed by atoms with Crippen LogP contribution in [0.4, 0.5) is 0 Å². The molecule has 2 aromatic rings. The highest BCUT2D eigenvalue weighted by Crippen LogP contribution is 2.09. The van der Waals surface area contributed by atoms with Crippen molar-refractivity contribution < 1.29 is 14.4 Å². The van der Waals surface area contributed by atoms with Crippen molar-refractivity contribution in [3.05, 3.63) is 58.3 Å². The molecule has 0 aliphatic heterocycles. The van der Waals surface area contributed by atoms with E-state index in [0.717, 1.165) is 13.1 Å². The molecule has 4 heteroatoms. The lowest BCUT2D eigenvalue weighted by atomic mass is 10.2. The van der Waals surface area contributed by atoms with Crippen LogP contribution in [-0.4, -0.2) is 26.2 Å². The lowest BCUT2D eigenvalue weighted by Crippen LogP contribution is -3.08. The Morgan fingerprint density at radius 2 is 2.00 bits per heavy atom. The van der Waals surface area contributed by atoms with Gasteiger partial charge in [0.15, 0.2) is 0 Å². The van der Waals surface area contributed by atoms with Crippen LogP contribution in [0.5, 0.6) is 0 Å². The first-order chi connectivity index (χ1) is 9.25. The molecule has 19 heavy (non-hydrogen) atoms. The number of hydrogen-bond acceptors (Lipinski definition) is 3. The van der Waals surface area contributed by atoms with E-state index in [1.54, 1.807) is 6.07 Å². The summed E-state index contributed by atoms with van der Waals surface area (Å²) < 4.78 is 5.25. The summed E-state index contributed by atoms with van der Waals surface area (Å²) in [7, 11) is 2.10. The normalized spacial score (nSPS) is 12.1. The van der Waals surface area contributed by atoms with Gasteiger partial charge in [0.25, 0.3) is 0 Å². The van der Waals surface area contributed by atoms with Crippen molar-refractivity contribution in [3.8, 4) is 0 Å². The van der Waals surface area contributed by atoms with E-state index in [1.807, 2.05) is 29.6 Å². The molecule has 1 unspecified atom stereocenters. The number of rotatable bonds is 6. The summed E-state index contributed by atoms with van der Waals surface area (Å²) in [6.45, 7) is 2.21. The maximum absolute atomic E-state index is 11.6. The summed E-state index contributed by atoms with van der Waals surface area (Å²) in [6, 6.07) is 14.0. The van der Waals surface area contributed by atoms with Gasteiger partial charge in [0, 0.05) is 5.56 Å². The Kier molecular flexibility index (Phi) is 5.12.